The Labute approximate surface area is 98.5 Å². The fourth-order valence-corrected chi connectivity index (χ4v) is 2.20. The van der Waals surface area contributed by atoms with Crippen molar-refractivity contribution in [1.82, 2.24) is 0 Å². The molecule has 0 bridgehead atoms. The highest BCUT2D eigenvalue weighted by Gasteiger charge is 2.34. The van der Waals surface area contributed by atoms with E-state index in [1.54, 1.807) is 13.8 Å². The molecule has 0 unspecified atom stereocenters. The maximum absolute atomic E-state index is 10.9. The van der Waals surface area contributed by atoms with Crippen LogP contribution in [0.5, 0.6) is 0 Å². The standard InChI is InChI=1S/C12H25NO3/c1-9(14)15-10(2,3)8-11(4,5)16-12(6,7)13/h8,13H2,1-7H3. The maximum Gasteiger partial charge on any atom is 0.303 e. The maximum atomic E-state index is 10.9. The summed E-state index contributed by atoms with van der Waals surface area (Å²) in [5.74, 6) is -0.284. The molecule has 96 valence electrons. The largest absolute Gasteiger partial charge is 0.460 e. The third-order valence-electron chi connectivity index (χ3n) is 1.81. The Balaban J connectivity index is 4.51. The molecule has 0 atom stereocenters. The van der Waals surface area contributed by atoms with Crippen LogP contribution in [0.4, 0.5) is 0 Å². The van der Waals surface area contributed by atoms with Gasteiger partial charge in [0.1, 0.15) is 11.3 Å². The van der Waals surface area contributed by atoms with E-state index in [-0.39, 0.29) is 5.97 Å². The van der Waals surface area contributed by atoms with E-state index >= 15 is 0 Å². The van der Waals surface area contributed by atoms with Gasteiger partial charge in [0.25, 0.3) is 0 Å². The van der Waals surface area contributed by atoms with Gasteiger partial charge < -0.3 is 15.2 Å². The first kappa shape index (κ1) is 15.4. The van der Waals surface area contributed by atoms with E-state index in [9.17, 15) is 4.79 Å². The fraction of sp³-hybridized carbons (Fsp3) is 0.917. The van der Waals surface area contributed by atoms with Crippen LogP contribution in [-0.4, -0.2) is 22.9 Å². The number of ether oxygens (including phenoxy) is 2. The van der Waals surface area contributed by atoms with Crippen LogP contribution in [0.3, 0.4) is 0 Å². The Kier molecular flexibility index (Phi) is 4.54. The van der Waals surface area contributed by atoms with Gasteiger partial charge in [0.2, 0.25) is 0 Å². The van der Waals surface area contributed by atoms with E-state index in [1.807, 2.05) is 27.7 Å². The molecule has 16 heavy (non-hydrogen) atoms. The zero-order valence-electron chi connectivity index (χ0n) is 11.5. The summed E-state index contributed by atoms with van der Waals surface area (Å²) in [6, 6.07) is 0. The van der Waals surface area contributed by atoms with Crippen LogP contribution >= 0.6 is 0 Å². The SMILES string of the molecule is CC(=O)OC(C)(C)CC(C)(C)OC(C)(C)N. The number of carbonyl (C=O) groups excluding carboxylic acids is 1. The van der Waals surface area contributed by atoms with Gasteiger partial charge in [-0.3, -0.25) is 4.79 Å². The molecular weight excluding hydrogens is 206 g/mol. The lowest BCUT2D eigenvalue weighted by Gasteiger charge is -2.38. The van der Waals surface area contributed by atoms with Gasteiger partial charge in [0.05, 0.1) is 5.60 Å². The topological polar surface area (TPSA) is 61.5 Å². The molecule has 0 aliphatic carbocycles. The first-order valence-electron chi connectivity index (χ1n) is 5.52. The molecule has 0 radical (unpaired) electrons. The van der Waals surface area contributed by atoms with Crippen LogP contribution in [-0.2, 0) is 14.3 Å². The second kappa shape index (κ2) is 4.72. The van der Waals surface area contributed by atoms with Crippen molar-refractivity contribution in [1.29, 1.82) is 0 Å². The lowest BCUT2D eigenvalue weighted by Crippen LogP contribution is -2.47. The molecule has 0 fully saturated rings. The third kappa shape index (κ3) is 7.65. The number of nitrogens with two attached hydrogens (primary N) is 1. The lowest BCUT2D eigenvalue weighted by molar-refractivity contribution is -0.171. The predicted octanol–water partition coefficient (Wildman–Crippen LogP) is 2.21. The molecule has 0 saturated carbocycles. The third-order valence-corrected chi connectivity index (χ3v) is 1.81. The molecule has 0 amide bonds. The van der Waals surface area contributed by atoms with Crippen LogP contribution in [0.25, 0.3) is 0 Å². The molecule has 4 heteroatoms. The van der Waals surface area contributed by atoms with E-state index in [1.165, 1.54) is 6.92 Å². The summed E-state index contributed by atoms with van der Waals surface area (Å²) in [6.07, 6.45) is 0.584. The smallest absolute Gasteiger partial charge is 0.303 e. The minimum Gasteiger partial charge on any atom is -0.460 e. The summed E-state index contributed by atoms with van der Waals surface area (Å²) < 4.78 is 11.0. The van der Waals surface area contributed by atoms with Gasteiger partial charge in [0.15, 0.2) is 0 Å². The van der Waals surface area contributed by atoms with Crippen LogP contribution < -0.4 is 5.73 Å². The van der Waals surface area contributed by atoms with Crippen molar-refractivity contribution < 1.29 is 14.3 Å². The molecule has 2 N–H and O–H groups in total. The monoisotopic (exact) mass is 231 g/mol. The molecule has 0 spiro atoms. The second-order valence-electron chi connectivity index (χ2n) is 6.00. The van der Waals surface area contributed by atoms with Crippen molar-refractivity contribution in [3.63, 3.8) is 0 Å². The molecule has 0 aliphatic rings. The second-order valence-corrected chi connectivity index (χ2v) is 6.00. The molecule has 0 aromatic rings. The highest BCUT2D eigenvalue weighted by atomic mass is 16.6. The van der Waals surface area contributed by atoms with Crippen LogP contribution in [0.2, 0.25) is 0 Å². The summed E-state index contributed by atoms with van der Waals surface area (Å²) in [5, 5.41) is 0. The van der Waals surface area contributed by atoms with Gasteiger partial charge in [0, 0.05) is 13.3 Å². The van der Waals surface area contributed by atoms with Gasteiger partial charge in [-0.2, -0.15) is 0 Å². The Bertz CT molecular complexity index is 251. The van der Waals surface area contributed by atoms with Gasteiger partial charge >= 0.3 is 5.97 Å². The van der Waals surface area contributed by atoms with Crippen molar-refractivity contribution in [3.8, 4) is 0 Å². The molecule has 0 rings (SSSR count). The van der Waals surface area contributed by atoms with E-state index in [0.717, 1.165) is 0 Å². The summed E-state index contributed by atoms with van der Waals surface area (Å²) in [6.45, 7) is 12.6. The molecular formula is C12H25NO3. The van der Waals surface area contributed by atoms with Crippen molar-refractivity contribution >= 4 is 5.97 Å². The Morgan fingerprint density at radius 1 is 1.06 bits per heavy atom. The molecule has 0 heterocycles. The number of hydrogen-bond donors (Lipinski definition) is 1. The number of hydrogen-bond acceptors (Lipinski definition) is 4. The Morgan fingerprint density at radius 3 is 1.81 bits per heavy atom. The summed E-state index contributed by atoms with van der Waals surface area (Å²) in [7, 11) is 0. The quantitative estimate of drug-likeness (QED) is 0.582. The average molecular weight is 231 g/mol. The minimum atomic E-state index is -0.699. The van der Waals surface area contributed by atoms with Gasteiger partial charge in [-0.15, -0.1) is 0 Å². The van der Waals surface area contributed by atoms with E-state index in [2.05, 4.69) is 0 Å². The van der Waals surface area contributed by atoms with E-state index < -0.39 is 16.9 Å². The van der Waals surface area contributed by atoms with Gasteiger partial charge in [-0.1, -0.05) is 0 Å². The lowest BCUT2D eigenvalue weighted by atomic mass is 9.91. The molecule has 4 nitrogen and oxygen atoms in total. The summed E-state index contributed by atoms with van der Waals surface area (Å²) in [4.78, 5) is 10.9. The van der Waals surface area contributed by atoms with Gasteiger partial charge in [-0.05, 0) is 41.5 Å². The summed E-state index contributed by atoms with van der Waals surface area (Å²) in [5.41, 5.74) is 4.11. The first-order chi connectivity index (χ1) is 6.83. The van der Waals surface area contributed by atoms with Crippen molar-refractivity contribution in [2.24, 2.45) is 5.73 Å². The number of carbonyl (C=O) groups is 1. The van der Waals surface area contributed by atoms with E-state index in [4.69, 9.17) is 15.2 Å². The molecule has 0 aromatic heterocycles. The van der Waals surface area contributed by atoms with Crippen molar-refractivity contribution in [3.05, 3.63) is 0 Å². The Morgan fingerprint density at radius 2 is 1.50 bits per heavy atom. The minimum absolute atomic E-state index is 0.284. The van der Waals surface area contributed by atoms with E-state index in [0.29, 0.717) is 6.42 Å². The number of rotatable bonds is 5. The van der Waals surface area contributed by atoms with Crippen molar-refractivity contribution in [2.45, 2.75) is 71.8 Å². The zero-order valence-corrected chi connectivity index (χ0v) is 11.5. The van der Waals surface area contributed by atoms with Crippen LogP contribution in [0.1, 0.15) is 54.9 Å². The fourth-order valence-electron chi connectivity index (χ4n) is 2.20. The highest BCUT2D eigenvalue weighted by Crippen LogP contribution is 2.28. The average Bonchev–Trinajstić information content (AvgIpc) is 1.69. The zero-order chi connectivity index (χ0) is 13.2. The first-order valence-corrected chi connectivity index (χ1v) is 5.52. The molecule has 0 aliphatic heterocycles. The van der Waals surface area contributed by atoms with Crippen LogP contribution in [0, 0.1) is 0 Å². The molecule has 0 aromatic carbocycles. The van der Waals surface area contributed by atoms with Gasteiger partial charge in [-0.25, -0.2) is 0 Å². The normalized spacial score (nSPS) is 13.8. The summed E-state index contributed by atoms with van der Waals surface area (Å²) >= 11 is 0. The molecule has 0 saturated heterocycles. The highest BCUT2D eigenvalue weighted by molar-refractivity contribution is 5.66. The van der Waals surface area contributed by atoms with Crippen molar-refractivity contribution in [2.75, 3.05) is 0 Å². The Hall–Kier alpha value is -0.610. The predicted molar refractivity (Wildman–Crippen MR) is 63.9 cm³/mol. The van der Waals surface area contributed by atoms with Crippen LogP contribution in [0.15, 0.2) is 0 Å². The number of esters is 1.